The second-order valence-electron chi connectivity index (χ2n) is 9.07. The highest BCUT2D eigenvalue weighted by Gasteiger charge is 2.16. The second-order valence-corrected chi connectivity index (χ2v) is 10.1. The van der Waals surface area contributed by atoms with E-state index in [9.17, 15) is 18.8 Å². The van der Waals surface area contributed by atoms with E-state index in [1.54, 1.807) is 78.9 Å². The van der Waals surface area contributed by atoms with E-state index >= 15 is 0 Å². The monoisotopic (exact) mass is 583 g/mol. The molecule has 3 amide bonds. The predicted molar refractivity (Wildman–Crippen MR) is 160 cm³/mol. The van der Waals surface area contributed by atoms with E-state index in [-0.39, 0.29) is 22.9 Å². The number of halogens is 1. The number of thioether (sulfide) groups is 1. The van der Waals surface area contributed by atoms with Gasteiger partial charge in [0.2, 0.25) is 5.91 Å². The summed E-state index contributed by atoms with van der Waals surface area (Å²) in [5, 5.41) is 8.17. The summed E-state index contributed by atoms with van der Waals surface area (Å²) < 4.78 is 25.4. The maximum absolute atomic E-state index is 14.3. The summed E-state index contributed by atoms with van der Waals surface area (Å²) >= 11 is 1.33. The molecule has 0 aromatic heterocycles. The molecule has 3 N–H and O–H groups in total. The first-order valence-corrected chi connectivity index (χ1v) is 14.0. The van der Waals surface area contributed by atoms with Crippen molar-refractivity contribution in [2.45, 2.75) is 4.90 Å². The van der Waals surface area contributed by atoms with E-state index in [0.29, 0.717) is 41.7 Å². The van der Waals surface area contributed by atoms with E-state index < -0.39 is 17.6 Å². The largest absolute Gasteiger partial charge is 0.486 e. The molecule has 4 aromatic rings. The number of fused-ring (bicyclic) bond motifs is 1. The number of nitrogens with one attached hydrogen (secondary N) is 3. The summed E-state index contributed by atoms with van der Waals surface area (Å²) in [6.07, 6.45) is 1.29. The second kappa shape index (κ2) is 13.5. The normalized spacial score (nSPS) is 12.3. The van der Waals surface area contributed by atoms with E-state index in [0.717, 1.165) is 4.90 Å². The van der Waals surface area contributed by atoms with Crippen molar-refractivity contribution in [3.05, 3.63) is 120 Å². The number of hydrogen-bond donors (Lipinski definition) is 3. The zero-order valence-electron chi connectivity index (χ0n) is 22.3. The highest BCUT2D eigenvalue weighted by Crippen LogP contribution is 2.32. The van der Waals surface area contributed by atoms with Crippen molar-refractivity contribution in [1.29, 1.82) is 0 Å². The number of carbonyl (C=O) groups excluding carboxylic acids is 3. The SMILES string of the molecule is O=C(CSc1ccc(NC(=O)/C(=C/c2ccccc2F)NC(=O)c2ccccc2)cc1)Nc1ccc2c(c1)OCCO2. The molecule has 1 aliphatic rings. The van der Waals surface area contributed by atoms with Crippen molar-refractivity contribution in [1.82, 2.24) is 5.32 Å². The fourth-order valence-corrected chi connectivity index (χ4v) is 4.69. The van der Waals surface area contributed by atoms with Crippen molar-refractivity contribution in [3.63, 3.8) is 0 Å². The molecule has 212 valence electrons. The third kappa shape index (κ3) is 7.55. The Morgan fingerprint density at radius 3 is 2.24 bits per heavy atom. The molecular formula is C32H26FN3O5S. The van der Waals surface area contributed by atoms with Crippen molar-refractivity contribution in [2.24, 2.45) is 0 Å². The maximum atomic E-state index is 14.3. The molecular weight excluding hydrogens is 557 g/mol. The van der Waals surface area contributed by atoms with Crippen molar-refractivity contribution in [3.8, 4) is 11.5 Å². The van der Waals surface area contributed by atoms with Gasteiger partial charge in [0.25, 0.3) is 11.8 Å². The number of hydrogen-bond acceptors (Lipinski definition) is 6. The van der Waals surface area contributed by atoms with Crippen LogP contribution in [0, 0.1) is 5.82 Å². The average molecular weight is 584 g/mol. The zero-order valence-corrected chi connectivity index (χ0v) is 23.1. The molecule has 42 heavy (non-hydrogen) atoms. The molecule has 0 bridgehead atoms. The minimum atomic E-state index is -0.623. The number of carbonyl (C=O) groups is 3. The zero-order chi connectivity index (χ0) is 29.3. The maximum Gasteiger partial charge on any atom is 0.272 e. The molecule has 10 heteroatoms. The van der Waals surface area contributed by atoms with Crippen LogP contribution < -0.4 is 25.4 Å². The quantitative estimate of drug-likeness (QED) is 0.172. The molecule has 0 atom stereocenters. The molecule has 0 unspecified atom stereocenters. The van der Waals surface area contributed by atoms with Crippen LogP contribution in [-0.4, -0.2) is 36.7 Å². The third-order valence-corrected chi connectivity index (χ3v) is 7.05. The lowest BCUT2D eigenvalue weighted by Crippen LogP contribution is -2.30. The van der Waals surface area contributed by atoms with Crippen molar-refractivity contribution < 1.29 is 28.2 Å². The molecule has 0 fully saturated rings. The van der Waals surface area contributed by atoms with Crippen molar-refractivity contribution >= 4 is 46.9 Å². The van der Waals surface area contributed by atoms with Gasteiger partial charge in [-0.1, -0.05) is 36.4 Å². The summed E-state index contributed by atoms with van der Waals surface area (Å²) in [6, 6.07) is 26.5. The van der Waals surface area contributed by atoms with Gasteiger partial charge in [0.05, 0.1) is 5.75 Å². The van der Waals surface area contributed by atoms with Gasteiger partial charge in [0, 0.05) is 33.5 Å². The van der Waals surface area contributed by atoms with Crippen LogP contribution in [0.5, 0.6) is 11.5 Å². The third-order valence-electron chi connectivity index (χ3n) is 6.04. The Bertz CT molecular complexity index is 1630. The van der Waals surface area contributed by atoms with Gasteiger partial charge in [0.15, 0.2) is 11.5 Å². The van der Waals surface area contributed by atoms with Crippen molar-refractivity contribution in [2.75, 3.05) is 29.6 Å². The van der Waals surface area contributed by atoms with Crippen LogP contribution in [0.2, 0.25) is 0 Å². The molecule has 4 aromatic carbocycles. The average Bonchev–Trinajstić information content (AvgIpc) is 3.01. The van der Waals surface area contributed by atoms with E-state index in [1.807, 2.05) is 0 Å². The lowest BCUT2D eigenvalue weighted by Gasteiger charge is -2.19. The molecule has 8 nitrogen and oxygen atoms in total. The summed E-state index contributed by atoms with van der Waals surface area (Å²) in [4.78, 5) is 39.2. The molecule has 1 heterocycles. The van der Waals surface area contributed by atoms with Gasteiger partial charge in [-0.15, -0.1) is 11.8 Å². The number of benzene rings is 4. The lowest BCUT2D eigenvalue weighted by molar-refractivity contribution is -0.114. The fourth-order valence-electron chi connectivity index (χ4n) is 3.99. The molecule has 0 saturated carbocycles. The Morgan fingerprint density at radius 2 is 1.48 bits per heavy atom. The first-order valence-electron chi connectivity index (χ1n) is 13.0. The van der Waals surface area contributed by atoms with Gasteiger partial charge in [-0.3, -0.25) is 14.4 Å². The minimum Gasteiger partial charge on any atom is -0.486 e. The number of amides is 3. The Morgan fingerprint density at radius 1 is 0.786 bits per heavy atom. The predicted octanol–water partition coefficient (Wildman–Crippen LogP) is 5.74. The first-order chi connectivity index (χ1) is 20.4. The van der Waals surface area contributed by atoms with E-state index in [2.05, 4.69) is 16.0 Å². The van der Waals surface area contributed by atoms with Crippen LogP contribution in [0.15, 0.2) is 108 Å². The Labute approximate surface area is 245 Å². The van der Waals surface area contributed by atoms with Gasteiger partial charge in [0.1, 0.15) is 24.7 Å². The molecule has 0 spiro atoms. The Kier molecular flexibility index (Phi) is 9.15. The van der Waals surface area contributed by atoms with Gasteiger partial charge in [-0.2, -0.15) is 0 Å². The Balaban J connectivity index is 1.20. The van der Waals surface area contributed by atoms with Crippen LogP contribution in [0.3, 0.4) is 0 Å². The number of rotatable bonds is 9. The molecule has 0 saturated heterocycles. The molecule has 5 rings (SSSR count). The van der Waals surface area contributed by atoms with Crippen LogP contribution >= 0.6 is 11.8 Å². The van der Waals surface area contributed by atoms with Gasteiger partial charge < -0.3 is 25.4 Å². The van der Waals surface area contributed by atoms with Gasteiger partial charge in [-0.25, -0.2) is 4.39 Å². The van der Waals surface area contributed by atoms with Crippen LogP contribution in [0.1, 0.15) is 15.9 Å². The molecule has 0 aliphatic carbocycles. The summed E-state index contributed by atoms with van der Waals surface area (Å²) in [5.41, 5.74) is 1.45. The van der Waals surface area contributed by atoms with Crippen LogP contribution in [0.4, 0.5) is 15.8 Å². The first kappa shape index (κ1) is 28.4. The van der Waals surface area contributed by atoms with E-state index in [4.69, 9.17) is 9.47 Å². The summed E-state index contributed by atoms with van der Waals surface area (Å²) in [7, 11) is 0. The smallest absolute Gasteiger partial charge is 0.272 e. The highest BCUT2D eigenvalue weighted by molar-refractivity contribution is 8.00. The number of ether oxygens (including phenoxy) is 2. The topological polar surface area (TPSA) is 106 Å². The molecule has 0 radical (unpaired) electrons. The number of anilines is 2. The summed E-state index contributed by atoms with van der Waals surface area (Å²) in [5.74, 6) is -0.440. The van der Waals surface area contributed by atoms with Crippen LogP contribution in [0.25, 0.3) is 6.08 Å². The summed E-state index contributed by atoms with van der Waals surface area (Å²) in [6.45, 7) is 0.955. The standard InChI is InChI=1S/C32H26FN3O5S/c33-26-9-5-4-8-22(26)18-27(36-31(38)21-6-2-1-3-7-21)32(39)35-23-10-13-25(14-11-23)42-20-30(37)34-24-12-15-28-29(19-24)41-17-16-40-28/h1-15,18-19H,16-17,20H2,(H,34,37)(H,35,39)(H,36,38)/b27-18-. The van der Waals surface area contributed by atoms with E-state index in [1.165, 1.54) is 36.0 Å². The van der Waals surface area contributed by atoms with Crippen LogP contribution in [-0.2, 0) is 9.59 Å². The fraction of sp³-hybridized carbons (Fsp3) is 0.0938. The Hall–Kier alpha value is -5.09. The van der Waals surface area contributed by atoms with Gasteiger partial charge in [-0.05, 0) is 60.7 Å². The minimum absolute atomic E-state index is 0.122. The molecule has 1 aliphatic heterocycles. The highest BCUT2D eigenvalue weighted by atomic mass is 32.2. The van der Waals surface area contributed by atoms with Gasteiger partial charge >= 0.3 is 0 Å². The lowest BCUT2D eigenvalue weighted by atomic mass is 10.1.